The number of carbonyl (C=O) groups is 1. The predicted molar refractivity (Wildman–Crippen MR) is 115 cm³/mol. The highest BCUT2D eigenvalue weighted by Gasteiger charge is 2.14. The van der Waals surface area contributed by atoms with Crippen LogP contribution in [0.5, 0.6) is 11.5 Å². The molecule has 0 radical (unpaired) electrons. The number of hydrogen-bond donors (Lipinski definition) is 1. The second-order valence-electron chi connectivity index (χ2n) is 6.96. The Morgan fingerprint density at radius 2 is 1.67 bits per heavy atom. The van der Waals surface area contributed by atoms with E-state index in [1.807, 2.05) is 50.3 Å². The summed E-state index contributed by atoms with van der Waals surface area (Å²) in [6.07, 6.45) is 11.4. The van der Waals surface area contributed by atoms with Crippen molar-refractivity contribution in [3.63, 3.8) is 0 Å². The SMILES string of the molecule is Cc1cc(C=Cc2cc3cnccc3cc2C(=O)Oc2cncnc2)cc(C)c1O. The van der Waals surface area contributed by atoms with E-state index in [1.165, 1.54) is 18.7 Å². The maximum Gasteiger partial charge on any atom is 0.344 e. The second kappa shape index (κ2) is 8.13. The van der Waals surface area contributed by atoms with Crippen LogP contribution in [0.4, 0.5) is 0 Å². The topological polar surface area (TPSA) is 85.2 Å². The molecule has 30 heavy (non-hydrogen) atoms. The number of fused-ring (bicyclic) bond motifs is 1. The summed E-state index contributed by atoms with van der Waals surface area (Å²) in [5, 5.41) is 11.8. The Hall–Kier alpha value is -4.06. The molecule has 2 aromatic heterocycles. The molecule has 6 heteroatoms. The summed E-state index contributed by atoms with van der Waals surface area (Å²) < 4.78 is 5.45. The zero-order valence-corrected chi connectivity index (χ0v) is 16.5. The number of pyridine rings is 1. The van der Waals surface area contributed by atoms with E-state index < -0.39 is 5.97 Å². The molecule has 2 heterocycles. The summed E-state index contributed by atoms with van der Waals surface area (Å²) in [5.74, 6) is 0.0662. The normalized spacial score (nSPS) is 11.1. The highest BCUT2D eigenvalue weighted by molar-refractivity contribution is 6.01. The van der Waals surface area contributed by atoms with Gasteiger partial charge in [0.1, 0.15) is 12.1 Å². The molecule has 4 aromatic rings. The fraction of sp³-hybridized carbons (Fsp3) is 0.0833. The molecule has 4 rings (SSSR count). The molecule has 0 bridgehead atoms. The Morgan fingerprint density at radius 1 is 0.933 bits per heavy atom. The van der Waals surface area contributed by atoms with Crippen LogP contribution in [-0.4, -0.2) is 26.0 Å². The van der Waals surface area contributed by atoms with Gasteiger partial charge in [0.25, 0.3) is 0 Å². The van der Waals surface area contributed by atoms with E-state index in [1.54, 1.807) is 18.5 Å². The van der Waals surface area contributed by atoms with Crippen molar-refractivity contribution < 1.29 is 14.6 Å². The number of carbonyl (C=O) groups excluding carboxylic acids is 1. The Balaban J connectivity index is 1.75. The van der Waals surface area contributed by atoms with Gasteiger partial charge in [-0.05, 0) is 71.8 Å². The molecule has 0 aliphatic carbocycles. The lowest BCUT2D eigenvalue weighted by atomic mass is 10.00. The number of phenolic OH excluding ortho intramolecular Hbond substituents is 1. The lowest BCUT2D eigenvalue weighted by Gasteiger charge is -2.09. The van der Waals surface area contributed by atoms with Crippen molar-refractivity contribution in [2.75, 3.05) is 0 Å². The number of aryl methyl sites for hydroxylation is 2. The fourth-order valence-corrected chi connectivity index (χ4v) is 3.24. The van der Waals surface area contributed by atoms with E-state index in [4.69, 9.17) is 4.74 Å². The van der Waals surface area contributed by atoms with Crippen LogP contribution in [0, 0.1) is 13.8 Å². The molecular formula is C24H19N3O3. The Labute approximate surface area is 173 Å². The van der Waals surface area contributed by atoms with Crippen LogP contribution in [0.1, 0.15) is 32.6 Å². The summed E-state index contributed by atoms with van der Waals surface area (Å²) in [5.41, 5.74) is 3.62. The minimum Gasteiger partial charge on any atom is -0.507 e. The lowest BCUT2D eigenvalue weighted by Crippen LogP contribution is -2.10. The van der Waals surface area contributed by atoms with Gasteiger partial charge >= 0.3 is 5.97 Å². The summed E-state index contributed by atoms with van der Waals surface area (Å²) >= 11 is 0. The van der Waals surface area contributed by atoms with Crippen LogP contribution in [0.15, 0.2) is 61.4 Å². The van der Waals surface area contributed by atoms with Crippen molar-refractivity contribution in [3.05, 3.63) is 89.3 Å². The van der Waals surface area contributed by atoms with Gasteiger partial charge in [0.05, 0.1) is 18.0 Å². The number of hydrogen-bond acceptors (Lipinski definition) is 6. The summed E-state index contributed by atoms with van der Waals surface area (Å²) in [7, 11) is 0. The van der Waals surface area contributed by atoms with Gasteiger partial charge in [-0.25, -0.2) is 14.8 Å². The Kier molecular flexibility index (Phi) is 5.22. The number of phenols is 1. The molecular weight excluding hydrogens is 378 g/mol. The average Bonchev–Trinajstić information content (AvgIpc) is 2.76. The van der Waals surface area contributed by atoms with Crippen molar-refractivity contribution in [1.82, 2.24) is 15.0 Å². The summed E-state index contributed by atoms with van der Waals surface area (Å²) in [6.45, 7) is 3.71. The first-order valence-electron chi connectivity index (χ1n) is 9.34. The van der Waals surface area contributed by atoms with Crippen LogP contribution >= 0.6 is 0 Å². The predicted octanol–water partition coefficient (Wildman–Crippen LogP) is 4.74. The molecule has 0 fully saturated rings. The summed E-state index contributed by atoms with van der Waals surface area (Å²) in [4.78, 5) is 24.8. The zero-order valence-electron chi connectivity index (χ0n) is 16.5. The molecule has 148 valence electrons. The molecule has 0 atom stereocenters. The van der Waals surface area contributed by atoms with E-state index in [0.29, 0.717) is 16.9 Å². The van der Waals surface area contributed by atoms with E-state index in [-0.39, 0.29) is 5.75 Å². The van der Waals surface area contributed by atoms with Crippen molar-refractivity contribution >= 4 is 28.9 Å². The largest absolute Gasteiger partial charge is 0.507 e. The molecule has 0 aliphatic heterocycles. The van der Waals surface area contributed by atoms with Gasteiger partial charge < -0.3 is 9.84 Å². The summed E-state index contributed by atoms with van der Waals surface area (Å²) in [6, 6.07) is 9.31. The van der Waals surface area contributed by atoms with Crippen LogP contribution < -0.4 is 4.74 Å². The monoisotopic (exact) mass is 397 g/mol. The minimum absolute atomic E-state index is 0.275. The van der Waals surface area contributed by atoms with E-state index in [2.05, 4.69) is 15.0 Å². The van der Waals surface area contributed by atoms with E-state index in [0.717, 1.165) is 27.5 Å². The first-order chi connectivity index (χ1) is 14.5. The minimum atomic E-state index is -0.499. The van der Waals surface area contributed by atoms with Crippen LogP contribution in [0.2, 0.25) is 0 Å². The number of nitrogens with zero attached hydrogens (tertiary/aromatic N) is 3. The van der Waals surface area contributed by atoms with Gasteiger partial charge in [-0.15, -0.1) is 0 Å². The Bertz CT molecular complexity index is 1240. The maximum atomic E-state index is 12.9. The Morgan fingerprint density at radius 3 is 2.40 bits per heavy atom. The van der Waals surface area contributed by atoms with Crippen LogP contribution in [-0.2, 0) is 0 Å². The molecule has 0 aliphatic rings. The number of rotatable bonds is 4. The third-order valence-electron chi connectivity index (χ3n) is 4.75. The zero-order chi connectivity index (χ0) is 21.1. The number of benzene rings is 2. The molecule has 0 spiro atoms. The molecule has 6 nitrogen and oxygen atoms in total. The van der Waals surface area contributed by atoms with Gasteiger partial charge in [0.2, 0.25) is 0 Å². The standard InChI is InChI=1S/C24H19N3O3/c1-15-7-17(8-16(2)23(15)28)3-4-19-9-20-11-25-6-5-18(20)10-22(19)24(29)30-21-12-26-14-27-13-21/h3-14,28H,1-2H3. The van der Waals surface area contributed by atoms with Crippen molar-refractivity contribution in [3.8, 4) is 11.5 Å². The number of esters is 1. The molecule has 1 N–H and O–H groups in total. The third kappa shape index (κ3) is 4.03. The van der Waals surface area contributed by atoms with Crippen LogP contribution in [0.3, 0.4) is 0 Å². The quantitative estimate of drug-likeness (QED) is 0.396. The fourth-order valence-electron chi connectivity index (χ4n) is 3.24. The molecule has 0 saturated heterocycles. The molecule has 0 unspecified atom stereocenters. The van der Waals surface area contributed by atoms with Gasteiger partial charge in [-0.1, -0.05) is 12.2 Å². The van der Waals surface area contributed by atoms with Gasteiger partial charge in [-0.2, -0.15) is 0 Å². The maximum absolute atomic E-state index is 12.9. The lowest BCUT2D eigenvalue weighted by molar-refractivity contribution is 0.0733. The second-order valence-corrected chi connectivity index (χ2v) is 6.96. The van der Waals surface area contributed by atoms with Crippen molar-refractivity contribution in [2.24, 2.45) is 0 Å². The van der Waals surface area contributed by atoms with Gasteiger partial charge in [-0.3, -0.25) is 4.98 Å². The van der Waals surface area contributed by atoms with Crippen molar-refractivity contribution in [2.45, 2.75) is 13.8 Å². The number of aromatic hydroxyl groups is 1. The van der Waals surface area contributed by atoms with Crippen molar-refractivity contribution in [1.29, 1.82) is 0 Å². The van der Waals surface area contributed by atoms with Gasteiger partial charge in [0.15, 0.2) is 5.75 Å². The number of aromatic nitrogens is 3. The highest BCUT2D eigenvalue weighted by atomic mass is 16.5. The highest BCUT2D eigenvalue weighted by Crippen LogP contribution is 2.26. The van der Waals surface area contributed by atoms with E-state index in [9.17, 15) is 9.90 Å². The number of ether oxygens (including phenoxy) is 1. The van der Waals surface area contributed by atoms with E-state index >= 15 is 0 Å². The molecule has 0 saturated carbocycles. The van der Waals surface area contributed by atoms with Gasteiger partial charge in [0, 0.05) is 17.8 Å². The average molecular weight is 397 g/mol. The first kappa shape index (κ1) is 19.3. The third-order valence-corrected chi connectivity index (χ3v) is 4.75. The molecule has 2 aromatic carbocycles. The van der Waals surface area contributed by atoms with Crippen LogP contribution in [0.25, 0.3) is 22.9 Å². The first-order valence-corrected chi connectivity index (χ1v) is 9.34. The molecule has 0 amide bonds. The smallest absolute Gasteiger partial charge is 0.344 e.